The van der Waals surface area contributed by atoms with Crippen LogP contribution in [-0.4, -0.2) is 6.04 Å². The molecule has 1 fully saturated rings. The fraction of sp³-hybridized carbons (Fsp3) is 0.625. The quantitative estimate of drug-likeness (QED) is 0.777. The average Bonchev–Trinajstić information content (AvgIpc) is 2.29. The molecule has 0 bridgehead atoms. The maximum Gasteiger partial charge on any atom is 0.0342 e. The highest BCUT2D eigenvalue weighted by Gasteiger charge is 2.30. The normalized spacial score (nSPS) is 25.6. The van der Waals surface area contributed by atoms with Gasteiger partial charge in [0.1, 0.15) is 0 Å². The van der Waals surface area contributed by atoms with Crippen LogP contribution >= 0.6 is 0 Å². The van der Waals surface area contributed by atoms with E-state index < -0.39 is 0 Å². The number of hydrogen-bond donors (Lipinski definition) is 1. The first-order valence-electron chi connectivity index (χ1n) is 6.87. The first-order chi connectivity index (χ1) is 8.05. The molecule has 0 radical (unpaired) electrons. The standard InChI is InChI=1S/C16H25N/c1-16(2,3)13-8-7-11-15(12-13)17-14-9-5-4-6-10-14/h4-6,9-10,13,15,17H,7-8,11-12H2,1-3H3. The molecular formula is C16H25N. The van der Waals surface area contributed by atoms with Crippen molar-refractivity contribution in [3.63, 3.8) is 0 Å². The lowest BCUT2D eigenvalue weighted by Crippen LogP contribution is -2.33. The fourth-order valence-corrected chi connectivity index (χ4v) is 2.88. The van der Waals surface area contributed by atoms with Crippen LogP contribution in [0.4, 0.5) is 5.69 Å². The van der Waals surface area contributed by atoms with E-state index in [1.807, 2.05) is 0 Å². The van der Waals surface area contributed by atoms with Gasteiger partial charge >= 0.3 is 0 Å². The predicted molar refractivity (Wildman–Crippen MR) is 75.3 cm³/mol. The third-order valence-corrected chi connectivity index (χ3v) is 4.04. The monoisotopic (exact) mass is 231 g/mol. The second-order valence-corrected chi connectivity index (χ2v) is 6.44. The Bertz CT molecular complexity index is 336. The maximum atomic E-state index is 3.68. The van der Waals surface area contributed by atoms with Crippen LogP contribution in [0.1, 0.15) is 46.5 Å². The van der Waals surface area contributed by atoms with E-state index in [-0.39, 0.29) is 0 Å². The minimum absolute atomic E-state index is 0.455. The number of anilines is 1. The molecule has 0 amide bonds. The molecule has 2 atom stereocenters. The first-order valence-corrected chi connectivity index (χ1v) is 6.87. The minimum atomic E-state index is 0.455. The van der Waals surface area contributed by atoms with Gasteiger partial charge in [-0.05, 0) is 42.7 Å². The second-order valence-electron chi connectivity index (χ2n) is 6.44. The van der Waals surface area contributed by atoms with E-state index in [1.54, 1.807) is 0 Å². The van der Waals surface area contributed by atoms with E-state index in [0.29, 0.717) is 11.5 Å². The fourth-order valence-electron chi connectivity index (χ4n) is 2.88. The van der Waals surface area contributed by atoms with Gasteiger partial charge in [-0.15, -0.1) is 0 Å². The van der Waals surface area contributed by atoms with Crippen molar-refractivity contribution >= 4 is 5.69 Å². The van der Waals surface area contributed by atoms with Crippen molar-refractivity contribution in [2.75, 3.05) is 5.32 Å². The van der Waals surface area contributed by atoms with Gasteiger partial charge in [0.25, 0.3) is 0 Å². The molecule has 1 aromatic rings. The molecule has 1 nitrogen and oxygen atoms in total. The van der Waals surface area contributed by atoms with E-state index in [2.05, 4.69) is 56.4 Å². The number of nitrogens with one attached hydrogen (secondary N) is 1. The summed E-state index contributed by atoms with van der Waals surface area (Å²) in [5.41, 5.74) is 1.73. The zero-order chi connectivity index (χ0) is 12.3. The number of rotatable bonds is 2. The highest BCUT2D eigenvalue weighted by Crippen LogP contribution is 2.38. The molecule has 1 saturated carbocycles. The smallest absolute Gasteiger partial charge is 0.0342 e. The summed E-state index contributed by atoms with van der Waals surface area (Å²) >= 11 is 0. The Morgan fingerprint density at radius 1 is 1.06 bits per heavy atom. The first kappa shape index (κ1) is 12.5. The van der Waals surface area contributed by atoms with Crippen molar-refractivity contribution in [3.05, 3.63) is 30.3 Å². The summed E-state index contributed by atoms with van der Waals surface area (Å²) in [5, 5.41) is 3.68. The Morgan fingerprint density at radius 2 is 1.76 bits per heavy atom. The lowest BCUT2D eigenvalue weighted by Gasteiger charge is -2.38. The van der Waals surface area contributed by atoms with Gasteiger partial charge in [-0.3, -0.25) is 0 Å². The molecule has 17 heavy (non-hydrogen) atoms. The molecule has 1 heteroatoms. The third kappa shape index (κ3) is 3.49. The van der Waals surface area contributed by atoms with E-state index in [0.717, 1.165) is 5.92 Å². The highest BCUT2D eigenvalue weighted by molar-refractivity contribution is 5.43. The number of benzene rings is 1. The van der Waals surface area contributed by atoms with Gasteiger partial charge < -0.3 is 5.32 Å². The highest BCUT2D eigenvalue weighted by atomic mass is 14.9. The molecule has 0 aliphatic heterocycles. The van der Waals surface area contributed by atoms with Crippen molar-refractivity contribution in [1.82, 2.24) is 0 Å². The summed E-state index contributed by atoms with van der Waals surface area (Å²) in [5.74, 6) is 0.859. The van der Waals surface area contributed by atoms with Crippen LogP contribution in [-0.2, 0) is 0 Å². The summed E-state index contributed by atoms with van der Waals surface area (Å²) in [6, 6.07) is 11.3. The Labute approximate surface area is 106 Å². The van der Waals surface area contributed by atoms with Gasteiger partial charge in [0.15, 0.2) is 0 Å². The summed E-state index contributed by atoms with van der Waals surface area (Å²) in [6.45, 7) is 7.13. The van der Waals surface area contributed by atoms with Crippen LogP contribution < -0.4 is 5.32 Å². The Morgan fingerprint density at radius 3 is 2.41 bits per heavy atom. The van der Waals surface area contributed by atoms with Gasteiger partial charge in [-0.25, -0.2) is 0 Å². The van der Waals surface area contributed by atoms with Gasteiger partial charge in [0.2, 0.25) is 0 Å². The average molecular weight is 231 g/mol. The van der Waals surface area contributed by atoms with Crippen molar-refractivity contribution in [2.45, 2.75) is 52.5 Å². The van der Waals surface area contributed by atoms with Crippen molar-refractivity contribution in [3.8, 4) is 0 Å². The topological polar surface area (TPSA) is 12.0 Å². The van der Waals surface area contributed by atoms with Crippen LogP contribution in [0.5, 0.6) is 0 Å². The van der Waals surface area contributed by atoms with Crippen molar-refractivity contribution < 1.29 is 0 Å². The summed E-state index contributed by atoms with van der Waals surface area (Å²) < 4.78 is 0. The molecule has 0 heterocycles. The third-order valence-electron chi connectivity index (χ3n) is 4.04. The van der Waals surface area contributed by atoms with E-state index in [9.17, 15) is 0 Å². The molecule has 2 rings (SSSR count). The number of hydrogen-bond acceptors (Lipinski definition) is 1. The molecule has 0 saturated heterocycles. The molecule has 0 aromatic heterocycles. The second kappa shape index (κ2) is 5.12. The van der Waals surface area contributed by atoms with Gasteiger partial charge in [0, 0.05) is 11.7 Å². The van der Waals surface area contributed by atoms with E-state index in [1.165, 1.54) is 31.4 Å². The summed E-state index contributed by atoms with van der Waals surface area (Å²) in [6.07, 6.45) is 5.41. The van der Waals surface area contributed by atoms with Crippen LogP contribution in [0.25, 0.3) is 0 Å². The zero-order valence-corrected chi connectivity index (χ0v) is 11.4. The lowest BCUT2D eigenvalue weighted by atomic mass is 9.71. The predicted octanol–water partition coefficient (Wildman–Crippen LogP) is 4.70. The molecule has 94 valence electrons. The van der Waals surface area contributed by atoms with Crippen LogP contribution in [0.3, 0.4) is 0 Å². The molecule has 1 aliphatic carbocycles. The van der Waals surface area contributed by atoms with Crippen LogP contribution in [0.15, 0.2) is 30.3 Å². The van der Waals surface area contributed by atoms with Gasteiger partial charge in [-0.2, -0.15) is 0 Å². The molecule has 1 aromatic carbocycles. The lowest BCUT2D eigenvalue weighted by molar-refractivity contribution is 0.171. The summed E-state index contributed by atoms with van der Waals surface area (Å²) in [7, 11) is 0. The Hall–Kier alpha value is -0.980. The maximum absolute atomic E-state index is 3.68. The van der Waals surface area contributed by atoms with Crippen LogP contribution in [0.2, 0.25) is 0 Å². The largest absolute Gasteiger partial charge is 0.382 e. The van der Waals surface area contributed by atoms with Crippen LogP contribution in [0, 0.1) is 11.3 Å². The molecular weight excluding hydrogens is 206 g/mol. The Kier molecular flexibility index (Phi) is 3.76. The molecule has 0 spiro atoms. The van der Waals surface area contributed by atoms with E-state index in [4.69, 9.17) is 0 Å². The molecule has 1 aliphatic rings. The Balaban J connectivity index is 1.94. The number of para-hydroxylation sites is 1. The van der Waals surface area contributed by atoms with Crippen molar-refractivity contribution in [2.24, 2.45) is 11.3 Å². The minimum Gasteiger partial charge on any atom is -0.382 e. The summed E-state index contributed by atoms with van der Waals surface area (Å²) in [4.78, 5) is 0. The van der Waals surface area contributed by atoms with Crippen molar-refractivity contribution in [1.29, 1.82) is 0 Å². The van der Waals surface area contributed by atoms with Gasteiger partial charge in [-0.1, -0.05) is 45.4 Å². The zero-order valence-electron chi connectivity index (χ0n) is 11.4. The van der Waals surface area contributed by atoms with Gasteiger partial charge in [0.05, 0.1) is 0 Å². The molecule has 1 N–H and O–H groups in total. The molecule has 2 unspecified atom stereocenters. The van der Waals surface area contributed by atoms with E-state index >= 15 is 0 Å². The SMILES string of the molecule is CC(C)(C)C1CCCC(Nc2ccccc2)C1.